The van der Waals surface area contributed by atoms with Gasteiger partial charge in [0.1, 0.15) is 11.6 Å². The number of benzene rings is 2. The summed E-state index contributed by atoms with van der Waals surface area (Å²) >= 11 is 1.53. The molecular weight excluding hydrogens is 276 g/mol. The normalized spacial score (nSPS) is 14.0. The Morgan fingerprint density at radius 2 is 1.75 bits per heavy atom. The number of nitrogens with two attached hydrogens (primary N) is 1. The number of thioether (sulfide) groups is 1. The van der Waals surface area contributed by atoms with Crippen LogP contribution in [-0.2, 0) is 0 Å². The number of rotatable bonds is 5. The summed E-state index contributed by atoms with van der Waals surface area (Å²) in [5.41, 5.74) is 7.01. The molecule has 20 heavy (non-hydrogen) atoms. The Morgan fingerprint density at radius 1 is 1.05 bits per heavy atom. The van der Waals surface area contributed by atoms with E-state index in [9.17, 15) is 8.78 Å². The van der Waals surface area contributed by atoms with E-state index in [1.54, 1.807) is 18.2 Å². The number of hydrogen-bond donors (Lipinski definition) is 1. The number of hydrogen-bond acceptors (Lipinski definition) is 2. The molecule has 0 aliphatic heterocycles. The van der Waals surface area contributed by atoms with Crippen molar-refractivity contribution in [1.29, 1.82) is 0 Å². The highest BCUT2D eigenvalue weighted by atomic mass is 32.2. The van der Waals surface area contributed by atoms with Crippen LogP contribution in [0.1, 0.15) is 24.2 Å². The van der Waals surface area contributed by atoms with Crippen molar-refractivity contribution in [2.75, 3.05) is 0 Å². The fourth-order valence-electron chi connectivity index (χ4n) is 1.96. The van der Waals surface area contributed by atoms with E-state index in [-0.39, 0.29) is 22.9 Å². The van der Waals surface area contributed by atoms with Gasteiger partial charge in [-0.3, -0.25) is 0 Å². The van der Waals surface area contributed by atoms with Gasteiger partial charge in [-0.05, 0) is 48.4 Å². The average molecular weight is 293 g/mol. The molecule has 2 aromatic rings. The van der Waals surface area contributed by atoms with Gasteiger partial charge in [0.15, 0.2) is 0 Å². The summed E-state index contributed by atoms with van der Waals surface area (Å²) in [6.07, 6.45) is 0.787. The van der Waals surface area contributed by atoms with Crippen LogP contribution in [0.3, 0.4) is 0 Å². The molecule has 0 aliphatic carbocycles. The SMILES string of the molecule is CCC(N)C(Sc1ccc(F)cc1)c1cccc(F)c1. The Balaban J connectivity index is 2.26. The summed E-state index contributed by atoms with van der Waals surface area (Å²) < 4.78 is 26.3. The van der Waals surface area contributed by atoms with Crippen LogP contribution in [0.25, 0.3) is 0 Å². The van der Waals surface area contributed by atoms with E-state index < -0.39 is 0 Å². The zero-order chi connectivity index (χ0) is 14.5. The molecule has 1 nitrogen and oxygen atoms in total. The van der Waals surface area contributed by atoms with E-state index in [1.165, 1.54) is 36.0 Å². The van der Waals surface area contributed by atoms with Gasteiger partial charge in [0.2, 0.25) is 0 Å². The minimum atomic E-state index is -0.268. The van der Waals surface area contributed by atoms with Crippen molar-refractivity contribution in [3.63, 3.8) is 0 Å². The molecule has 2 N–H and O–H groups in total. The van der Waals surface area contributed by atoms with Crippen molar-refractivity contribution < 1.29 is 8.78 Å². The molecular formula is C16H17F2NS. The summed E-state index contributed by atoms with van der Waals surface area (Å²) in [6.45, 7) is 2.00. The largest absolute Gasteiger partial charge is 0.326 e. The van der Waals surface area contributed by atoms with Crippen molar-refractivity contribution in [1.82, 2.24) is 0 Å². The molecule has 0 saturated heterocycles. The standard InChI is InChI=1S/C16H17F2NS/c1-2-15(19)16(11-4-3-5-13(18)10-11)20-14-8-6-12(17)7-9-14/h3-10,15-16H,2,19H2,1H3. The molecule has 0 radical (unpaired) electrons. The van der Waals surface area contributed by atoms with Crippen LogP contribution in [0.5, 0.6) is 0 Å². The third kappa shape index (κ3) is 3.81. The van der Waals surface area contributed by atoms with Crippen molar-refractivity contribution in [2.24, 2.45) is 5.73 Å². The molecule has 0 aromatic heterocycles. The molecule has 2 aromatic carbocycles. The van der Waals surface area contributed by atoms with Gasteiger partial charge in [-0.25, -0.2) is 8.78 Å². The molecule has 2 atom stereocenters. The van der Waals surface area contributed by atoms with Gasteiger partial charge < -0.3 is 5.73 Å². The fraction of sp³-hybridized carbons (Fsp3) is 0.250. The van der Waals surface area contributed by atoms with Crippen LogP contribution in [-0.4, -0.2) is 6.04 Å². The predicted molar refractivity (Wildman–Crippen MR) is 79.7 cm³/mol. The van der Waals surface area contributed by atoms with Crippen LogP contribution in [0.2, 0.25) is 0 Å². The van der Waals surface area contributed by atoms with E-state index in [2.05, 4.69) is 0 Å². The third-order valence-corrected chi connectivity index (χ3v) is 4.53. The van der Waals surface area contributed by atoms with E-state index in [0.29, 0.717) is 0 Å². The fourth-order valence-corrected chi connectivity index (χ4v) is 3.20. The monoisotopic (exact) mass is 293 g/mol. The van der Waals surface area contributed by atoms with Gasteiger partial charge in [0.25, 0.3) is 0 Å². The zero-order valence-electron chi connectivity index (χ0n) is 11.2. The maximum atomic E-state index is 13.4. The van der Waals surface area contributed by atoms with Crippen LogP contribution in [0.15, 0.2) is 53.4 Å². The van der Waals surface area contributed by atoms with E-state index in [0.717, 1.165) is 16.9 Å². The first-order valence-corrected chi connectivity index (χ1v) is 7.41. The Hall–Kier alpha value is -1.39. The molecule has 2 rings (SSSR count). The van der Waals surface area contributed by atoms with E-state index in [1.807, 2.05) is 13.0 Å². The maximum absolute atomic E-state index is 13.4. The predicted octanol–water partition coefficient (Wildman–Crippen LogP) is 4.54. The first-order chi connectivity index (χ1) is 9.60. The maximum Gasteiger partial charge on any atom is 0.123 e. The molecule has 0 fully saturated rings. The van der Waals surface area contributed by atoms with Gasteiger partial charge in [-0.2, -0.15) is 0 Å². The summed E-state index contributed by atoms with van der Waals surface area (Å²) in [4.78, 5) is 0.921. The van der Waals surface area contributed by atoms with Gasteiger partial charge in [0, 0.05) is 16.2 Å². The summed E-state index contributed by atoms with van der Waals surface area (Å²) in [6, 6.07) is 12.7. The van der Waals surface area contributed by atoms with Gasteiger partial charge >= 0.3 is 0 Å². The Labute approximate surface area is 122 Å². The lowest BCUT2D eigenvalue weighted by Crippen LogP contribution is -2.25. The third-order valence-electron chi connectivity index (χ3n) is 3.11. The first kappa shape index (κ1) is 15.0. The molecule has 0 spiro atoms. The molecule has 2 unspecified atom stereocenters. The zero-order valence-corrected chi connectivity index (χ0v) is 12.0. The lowest BCUT2D eigenvalue weighted by Gasteiger charge is -2.23. The van der Waals surface area contributed by atoms with Crippen LogP contribution < -0.4 is 5.73 Å². The highest BCUT2D eigenvalue weighted by Crippen LogP contribution is 2.38. The number of halogens is 2. The highest BCUT2D eigenvalue weighted by Gasteiger charge is 2.20. The van der Waals surface area contributed by atoms with E-state index >= 15 is 0 Å². The Morgan fingerprint density at radius 3 is 2.35 bits per heavy atom. The van der Waals surface area contributed by atoms with Gasteiger partial charge in [0.05, 0.1) is 0 Å². The first-order valence-electron chi connectivity index (χ1n) is 6.53. The molecule has 0 heterocycles. The van der Waals surface area contributed by atoms with Crippen molar-refractivity contribution >= 4 is 11.8 Å². The highest BCUT2D eigenvalue weighted by molar-refractivity contribution is 7.99. The molecule has 106 valence electrons. The molecule has 0 bridgehead atoms. The molecule has 0 aliphatic rings. The Bertz CT molecular complexity index is 557. The van der Waals surface area contributed by atoms with E-state index in [4.69, 9.17) is 5.73 Å². The lowest BCUT2D eigenvalue weighted by molar-refractivity contribution is 0.609. The average Bonchev–Trinajstić information content (AvgIpc) is 2.46. The molecule has 0 saturated carbocycles. The summed E-state index contributed by atoms with van der Waals surface area (Å²) in [7, 11) is 0. The Kier molecular flexibility index (Phi) is 5.15. The molecule has 4 heteroatoms. The minimum absolute atomic E-state index is 0.0545. The minimum Gasteiger partial charge on any atom is -0.326 e. The van der Waals surface area contributed by atoms with Gasteiger partial charge in [-0.15, -0.1) is 11.8 Å². The van der Waals surface area contributed by atoms with Crippen LogP contribution >= 0.6 is 11.8 Å². The second-order valence-electron chi connectivity index (χ2n) is 4.62. The quantitative estimate of drug-likeness (QED) is 0.819. The van der Waals surface area contributed by atoms with Crippen LogP contribution in [0, 0.1) is 11.6 Å². The summed E-state index contributed by atoms with van der Waals surface area (Å²) in [5, 5.41) is -0.0545. The van der Waals surface area contributed by atoms with Gasteiger partial charge in [-0.1, -0.05) is 19.1 Å². The van der Waals surface area contributed by atoms with Crippen molar-refractivity contribution in [2.45, 2.75) is 29.5 Å². The second kappa shape index (κ2) is 6.86. The van der Waals surface area contributed by atoms with Crippen molar-refractivity contribution in [3.8, 4) is 0 Å². The smallest absolute Gasteiger partial charge is 0.123 e. The molecule has 0 amide bonds. The lowest BCUT2D eigenvalue weighted by atomic mass is 10.0. The topological polar surface area (TPSA) is 26.0 Å². The second-order valence-corrected chi connectivity index (χ2v) is 5.83. The summed E-state index contributed by atoms with van der Waals surface area (Å²) in [5.74, 6) is -0.535. The van der Waals surface area contributed by atoms with Crippen LogP contribution in [0.4, 0.5) is 8.78 Å². The van der Waals surface area contributed by atoms with Crippen molar-refractivity contribution in [3.05, 3.63) is 65.7 Å².